The first-order valence-electron chi connectivity index (χ1n) is 2.88. The van der Waals surface area contributed by atoms with Gasteiger partial charge >= 0.3 is 0 Å². The summed E-state index contributed by atoms with van der Waals surface area (Å²) in [5.41, 5.74) is 0. The normalized spacial score (nSPS) is 28.8. The first-order valence-corrected chi connectivity index (χ1v) is 2.88. The second-order valence-electron chi connectivity index (χ2n) is 2.17. The Kier molecular flexibility index (Phi) is 1.62. The van der Waals surface area contributed by atoms with Crippen LogP contribution in [0.1, 0.15) is 13.3 Å². The van der Waals surface area contributed by atoms with Crippen molar-refractivity contribution >= 4 is 11.6 Å². The minimum Gasteiger partial charge on any atom is -0.370 e. The van der Waals surface area contributed by atoms with Gasteiger partial charge in [0, 0.05) is 6.42 Å². The van der Waals surface area contributed by atoms with Crippen LogP contribution in [0, 0.1) is 0 Å². The highest BCUT2D eigenvalue weighted by Gasteiger charge is 2.23. The summed E-state index contributed by atoms with van der Waals surface area (Å²) in [4.78, 5) is 21.0. The van der Waals surface area contributed by atoms with Crippen molar-refractivity contribution in [1.82, 2.24) is 0 Å². The Bertz CT molecular complexity index is 150. The van der Waals surface area contributed by atoms with Crippen LogP contribution in [0.15, 0.2) is 0 Å². The lowest BCUT2D eigenvalue weighted by Gasteiger charge is -2.15. The fourth-order valence-electron chi connectivity index (χ4n) is 0.732. The van der Waals surface area contributed by atoms with Crippen LogP contribution < -0.4 is 0 Å². The number of hydrogen-bond acceptors (Lipinski definition) is 3. The average molecular weight is 128 g/mol. The summed E-state index contributed by atoms with van der Waals surface area (Å²) in [5, 5.41) is 0. The predicted octanol–water partition coefficient (Wildman–Crippen LogP) is -0.0666. The highest BCUT2D eigenvalue weighted by Crippen LogP contribution is 2.05. The van der Waals surface area contributed by atoms with Gasteiger partial charge in [0.1, 0.15) is 6.61 Å². The zero-order valence-corrected chi connectivity index (χ0v) is 5.22. The summed E-state index contributed by atoms with van der Waals surface area (Å²) in [5.74, 6) is -0.693. The largest absolute Gasteiger partial charge is 0.370 e. The number of ether oxygens (including phenoxy) is 1. The first-order chi connectivity index (χ1) is 4.20. The Balaban J connectivity index is 2.54. The third-order valence-corrected chi connectivity index (χ3v) is 1.28. The number of rotatable bonds is 0. The fourth-order valence-corrected chi connectivity index (χ4v) is 0.732. The molecule has 1 fully saturated rings. The summed E-state index contributed by atoms with van der Waals surface area (Å²) >= 11 is 0. The number of carbonyl (C=O) groups excluding carboxylic acids is 2. The minimum atomic E-state index is -0.395. The van der Waals surface area contributed by atoms with E-state index in [2.05, 4.69) is 0 Å². The highest BCUT2D eigenvalue weighted by molar-refractivity contribution is 6.38. The summed E-state index contributed by atoms with van der Waals surface area (Å²) < 4.78 is 4.89. The lowest BCUT2D eigenvalue weighted by atomic mass is 10.1. The second kappa shape index (κ2) is 2.27. The van der Waals surface area contributed by atoms with Gasteiger partial charge in [-0.1, -0.05) is 0 Å². The van der Waals surface area contributed by atoms with Gasteiger partial charge in [0.05, 0.1) is 6.10 Å². The van der Waals surface area contributed by atoms with E-state index in [0.29, 0.717) is 0 Å². The molecule has 0 spiro atoms. The molecule has 0 amide bonds. The quantitative estimate of drug-likeness (QED) is 0.429. The summed E-state index contributed by atoms with van der Waals surface area (Å²) in [6, 6.07) is 0. The Hall–Kier alpha value is -0.700. The van der Waals surface area contributed by atoms with E-state index in [1.807, 2.05) is 0 Å². The predicted molar refractivity (Wildman–Crippen MR) is 30.0 cm³/mol. The van der Waals surface area contributed by atoms with Gasteiger partial charge in [-0.15, -0.1) is 0 Å². The van der Waals surface area contributed by atoms with E-state index in [-0.39, 0.29) is 24.9 Å². The van der Waals surface area contributed by atoms with Gasteiger partial charge < -0.3 is 4.74 Å². The van der Waals surface area contributed by atoms with E-state index < -0.39 is 5.78 Å². The van der Waals surface area contributed by atoms with Crippen LogP contribution in [0.5, 0.6) is 0 Å². The molecular formula is C6H8O3. The molecule has 50 valence electrons. The van der Waals surface area contributed by atoms with Crippen LogP contribution in [0.4, 0.5) is 0 Å². The molecule has 0 radical (unpaired) electrons. The molecule has 3 heteroatoms. The van der Waals surface area contributed by atoms with Crippen LogP contribution in [0.3, 0.4) is 0 Å². The minimum absolute atomic E-state index is 0.0278. The number of ketones is 2. The Labute approximate surface area is 53.0 Å². The Morgan fingerprint density at radius 2 is 2.11 bits per heavy atom. The maximum absolute atomic E-state index is 10.6. The molecule has 1 aliphatic heterocycles. The SMILES string of the molecule is CC1CC(=O)C(=O)CO1. The summed E-state index contributed by atoms with van der Waals surface area (Å²) in [6.07, 6.45) is 0.175. The van der Waals surface area contributed by atoms with Crippen LogP contribution in [0.25, 0.3) is 0 Å². The third kappa shape index (κ3) is 1.36. The van der Waals surface area contributed by atoms with Crippen molar-refractivity contribution in [2.24, 2.45) is 0 Å². The standard InChI is InChI=1S/C6H8O3/c1-4-2-5(7)6(8)3-9-4/h4H,2-3H2,1H3. The van der Waals surface area contributed by atoms with E-state index in [0.717, 1.165) is 0 Å². The van der Waals surface area contributed by atoms with Crippen LogP contribution in [-0.4, -0.2) is 24.3 Å². The molecule has 0 aromatic carbocycles. The van der Waals surface area contributed by atoms with Gasteiger partial charge in [0.15, 0.2) is 0 Å². The molecule has 1 aliphatic rings. The molecule has 1 rings (SSSR count). The molecule has 0 aliphatic carbocycles. The molecule has 1 heterocycles. The molecule has 0 saturated carbocycles. The van der Waals surface area contributed by atoms with Crippen molar-refractivity contribution in [1.29, 1.82) is 0 Å². The Morgan fingerprint density at radius 3 is 2.56 bits per heavy atom. The van der Waals surface area contributed by atoms with Crippen molar-refractivity contribution in [2.75, 3.05) is 6.61 Å². The van der Waals surface area contributed by atoms with Crippen molar-refractivity contribution in [3.05, 3.63) is 0 Å². The third-order valence-electron chi connectivity index (χ3n) is 1.28. The molecule has 3 nitrogen and oxygen atoms in total. The molecule has 1 atom stereocenters. The molecule has 0 bridgehead atoms. The zero-order chi connectivity index (χ0) is 6.85. The van der Waals surface area contributed by atoms with Crippen molar-refractivity contribution in [3.8, 4) is 0 Å². The van der Waals surface area contributed by atoms with Crippen LogP contribution >= 0.6 is 0 Å². The highest BCUT2D eigenvalue weighted by atomic mass is 16.5. The Morgan fingerprint density at radius 1 is 1.44 bits per heavy atom. The second-order valence-corrected chi connectivity index (χ2v) is 2.17. The molecule has 0 N–H and O–H groups in total. The number of carbonyl (C=O) groups is 2. The van der Waals surface area contributed by atoms with Crippen molar-refractivity contribution < 1.29 is 14.3 Å². The first kappa shape index (κ1) is 6.42. The molecular weight excluding hydrogens is 120 g/mol. The lowest BCUT2D eigenvalue weighted by molar-refractivity contribution is -0.146. The van der Waals surface area contributed by atoms with Gasteiger partial charge in [0.25, 0.3) is 0 Å². The van der Waals surface area contributed by atoms with E-state index in [1.54, 1.807) is 6.92 Å². The smallest absolute Gasteiger partial charge is 0.224 e. The van der Waals surface area contributed by atoms with Crippen molar-refractivity contribution in [3.63, 3.8) is 0 Å². The average Bonchev–Trinajstić information content (AvgIpc) is 1.80. The van der Waals surface area contributed by atoms with Gasteiger partial charge in [-0.25, -0.2) is 0 Å². The van der Waals surface area contributed by atoms with Crippen molar-refractivity contribution in [2.45, 2.75) is 19.4 Å². The van der Waals surface area contributed by atoms with Gasteiger partial charge in [-0.3, -0.25) is 9.59 Å². The van der Waals surface area contributed by atoms with E-state index in [1.165, 1.54) is 0 Å². The maximum Gasteiger partial charge on any atom is 0.224 e. The monoisotopic (exact) mass is 128 g/mol. The van der Waals surface area contributed by atoms with Gasteiger partial charge in [0.2, 0.25) is 11.6 Å². The van der Waals surface area contributed by atoms with Crippen LogP contribution in [0.2, 0.25) is 0 Å². The lowest BCUT2D eigenvalue weighted by Crippen LogP contribution is -2.32. The van der Waals surface area contributed by atoms with Gasteiger partial charge in [-0.2, -0.15) is 0 Å². The summed E-state index contributed by atoms with van der Waals surface area (Å²) in [7, 11) is 0. The molecule has 1 unspecified atom stereocenters. The molecule has 0 aromatic heterocycles. The maximum atomic E-state index is 10.6. The molecule has 1 saturated heterocycles. The van der Waals surface area contributed by atoms with E-state index in [9.17, 15) is 9.59 Å². The topological polar surface area (TPSA) is 43.4 Å². The molecule has 0 aromatic rings. The number of Topliss-reactive ketones (excluding diaryl/α,β-unsaturated/α-hetero) is 2. The van der Waals surface area contributed by atoms with E-state index in [4.69, 9.17) is 4.74 Å². The van der Waals surface area contributed by atoms with Gasteiger partial charge in [-0.05, 0) is 6.92 Å². The van der Waals surface area contributed by atoms with E-state index >= 15 is 0 Å². The summed E-state index contributed by atoms with van der Waals surface area (Å²) in [6.45, 7) is 1.75. The zero-order valence-electron chi connectivity index (χ0n) is 5.22. The number of hydrogen-bond donors (Lipinski definition) is 0. The fraction of sp³-hybridized carbons (Fsp3) is 0.667. The molecule has 9 heavy (non-hydrogen) atoms. The van der Waals surface area contributed by atoms with Crippen LogP contribution in [-0.2, 0) is 14.3 Å².